The van der Waals surface area contributed by atoms with E-state index in [2.05, 4.69) is 34.0 Å². The lowest BCUT2D eigenvalue weighted by atomic mass is 10.1. The number of hydrogen-bond acceptors (Lipinski definition) is 3. The molecule has 0 aliphatic carbocycles. The molecule has 13 heavy (non-hydrogen) atoms. The molecule has 0 saturated carbocycles. The second kappa shape index (κ2) is 3.12. The second-order valence-electron chi connectivity index (χ2n) is 3.55. The summed E-state index contributed by atoms with van der Waals surface area (Å²) < 4.78 is 0. The molecule has 2 rings (SSSR count). The highest BCUT2D eigenvalue weighted by Crippen LogP contribution is 2.14. The van der Waals surface area contributed by atoms with Gasteiger partial charge in [-0.25, -0.2) is 9.97 Å². The number of nitrogens with zero attached hydrogens (tertiary/aromatic N) is 3. The maximum atomic E-state index is 4.25. The lowest BCUT2D eigenvalue weighted by Crippen LogP contribution is -1.98. The van der Waals surface area contributed by atoms with Gasteiger partial charge in [0.1, 0.15) is 6.33 Å². The molecule has 2 aromatic rings. The average Bonchev–Trinajstić information content (AvgIpc) is 2.51. The Hall–Kier alpha value is -1.45. The van der Waals surface area contributed by atoms with Crippen LogP contribution in [0.15, 0.2) is 12.5 Å². The van der Waals surface area contributed by atoms with Crippen LogP contribution in [0.2, 0.25) is 0 Å². The van der Waals surface area contributed by atoms with E-state index in [9.17, 15) is 0 Å². The van der Waals surface area contributed by atoms with Crippen molar-refractivity contribution >= 4 is 11.0 Å². The van der Waals surface area contributed by atoms with Crippen LogP contribution in [0.3, 0.4) is 0 Å². The van der Waals surface area contributed by atoms with Crippen LogP contribution in [0.4, 0.5) is 0 Å². The summed E-state index contributed by atoms with van der Waals surface area (Å²) in [6.07, 6.45) is 4.34. The zero-order chi connectivity index (χ0) is 9.26. The summed E-state index contributed by atoms with van der Waals surface area (Å²) in [6, 6.07) is 0. The van der Waals surface area contributed by atoms with Gasteiger partial charge in [0.05, 0.1) is 17.3 Å². The standard InChI is InChI=1S/C9H12N4/c1-6(2)3-8-7-4-12-13-9(7)11-5-10-8/h4-6H,3H2,1-2H3,(H,10,11,12,13). The fourth-order valence-electron chi connectivity index (χ4n) is 1.36. The Morgan fingerprint density at radius 2 is 2.23 bits per heavy atom. The number of hydrogen-bond donors (Lipinski definition) is 1. The molecule has 68 valence electrons. The van der Waals surface area contributed by atoms with E-state index >= 15 is 0 Å². The molecule has 1 N–H and O–H groups in total. The summed E-state index contributed by atoms with van der Waals surface area (Å²) in [5.74, 6) is 0.605. The van der Waals surface area contributed by atoms with Crippen LogP contribution < -0.4 is 0 Å². The third-order valence-electron chi connectivity index (χ3n) is 1.93. The summed E-state index contributed by atoms with van der Waals surface area (Å²) in [5.41, 5.74) is 1.90. The van der Waals surface area contributed by atoms with Crippen molar-refractivity contribution in [2.24, 2.45) is 5.92 Å². The molecule has 0 amide bonds. The van der Waals surface area contributed by atoms with Crippen molar-refractivity contribution in [3.05, 3.63) is 18.2 Å². The Kier molecular flexibility index (Phi) is 1.96. The first-order valence-corrected chi connectivity index (χ1v) is 4.40. The van der Waals surface area contributed by atoms with Crippen LogP contribution >= 0.6 is 0 Å². The molecule has 0 bridgehead atoms. The Balaban J connectivity index is 2.48. The van der Waals surface area contributed by atoms with E-state index in [-0.39, 0.29) is 0 Å². The van der Waals surface area contributed by atoms with Gasteiger partial charge in [-0.1, -0.05) is 13.8 Å². The first-order chi connectivity index (χ1) is 6.27. The molecule has 0 spiro atoms. The lowest BCUT2D eigenvalue weighted by Gasteiger charge is -2.03. The van der Waals surface area contributed by atoms with Crippen molar-refractivity contribution in [2.45, 2.75) is 20.3 Å². The third-order valence-corrected chi connectivity index (χ3v) is 1.93. The minimum absolute atomic E-state index is 0.605. The van der Waals surface area contributed by atoms with E-state index in [1.165, 1.54) is 0 Å². The van der Waals surface area contributed by atoms with Gasteiger partial charge in [-0.05, 0) is 12.3 Å². The van der Waals surface area contributed by atoms with Gasteiger partial charge in [-0.2, -0.15) is 5.10 Å². The van der Waals surface area contributed by atoms with E-state index in [0.29, 0.717) is 5.92 Å². The van der Waals surface area contributed by atoms with Crippen LogP contribution in [0.1, 0.15) is 19.5 Å². The largest absolute Gasteiger partial charge is 0.261 e. The van der Waals surface area contributed by atoms with Gasteiger partial charge in [0.2, 0.25) is 0 Å². The van der Waals surface area contributed by atoms with E-state index in [0.717, 1.165) is 23.1 Å². The predicted molar refractivity (Wildman–Crippen MR) is 50.2 cm³/mol. The number of aromatic amines is 1. The van der Waals surface area contributed by atoms with E-state index in [4.69, 9.17) is 0 Å². The Bertz CT molecular complexity index is 405. The molecule has 0 aliphatic heterocycles. The van der Waals surface area contributed by atoms with Gasteiger partial charge >= 0.3 is 0 Å². The minimum atomic E-state index is 0.605. The van der Waals surface area contributed by atoms with Crippen LogP contribution in [0.5, 0.6) is 0 Å². The topological polar surface area (TPSA) is 54.5 Å². The van der Waals surface area contributed by atoms with Crippen molar-refractivity contribution in [1.82, 2.24) is 20.2 Å². The molecule has 2 heterocycles. The second-order valence-corrected chi connectivity index (χ2v) is 3.55. The summed E-state index contributed by atoms with van der Waals surface area (Å²) >= 11 is 0. The summed E-state index contributed by atoms with van der Waals surface area (Å²) in [4.78, 5) is 8.33. The van der Waals surface area contributed by atoms with Gasteiger partial charge in [-0.15, -0.1) is 0 Å². The van der Waals surface area contributed by atoms with Crippen LogP contribution in [0.25, 0.3) is 11.0 Å². The predicted octanol–water partition coefficient (Wildman–Crippen LogP) is 1.55. The van der Waals surface area contributed by atoms with Crippen molar-refractivity contribution < 1.29 is 0 Å². The highest BCUT2D eigenvalue weighted by atomic mass is 15.1. The van der Waals surface area contributed by atoms with Gasteiger partial charge in [0.15, 0.2) is 5.65 Å². The molecule has 0 aromatic carbocycles. The van der Waals surface area contributed by atoms with Crippen LogP contribution in [0, 0.1) is 5.92 Å². The highest BCUT2D eigenvalue weighted by Gasteiger charge is 2.06. The highest BCUT2D eigenvalue weighted by molar-refractivity contribution is 5.75. The van der Waals surface area contributed by atoms with Gasteiger partial charge in [0.25, 0.3) is 0 Å². The van der Waals surface area contributed by atoms with Gasteiger partial charge in [0, 0.05) is 0 Å². The monoisotopic (exact) mass is 176 g/mol. The number of rotatable bonds is 2. The molecule has 0 atom stereocenters. The normalized spacial score (nSPS) is 11.3. The number of nitrogens with one attached hydrogen (secondary N) is 1. The lowest BCUT2D eigenvalue weighted by molar-refractivity contribution is 0.638. The SMILES string of the molecule is CC(C)Cc1ncnc2[nH]ncc12. The van der Waals surface area contributed by atoms with E-state index < -0.39 is 0 Å². The Morgan fingerprint density at radius 3 is 3.00 bits per heavy atom. The van der Waals surface area contributed by atoms with Crippen molar-refractivity contribution in [2.75, 3.05) is 0 Å². The summed E-state index contributed by atoms with van der Waals surface area (Å²) in [6.45, 7) is 4.35. The van der Waals surface area contributed by atoms with E-state index in [1.807, 2.05) is 0 Å². The van der Waals surface area contributed by atoms with Crippen molar-refractivity contribution in [1.29, 1.82) is 0 Å². The van der Waals surface area contributed by atoms with Gasteiger partial charge < -0.3 is 0 Å². The third kappa shape index (κ3) is 1.52. The maximum absolute atomic E-state index is 4.25. The minimum Gasteiger partial charge on any atom is -0.261 e. The first kappa shape index (κ1) is 8.16. The fourth-order valence-corrected chi connectivity index (χ4v) is 1.36. The molecule has 4 heteroatoms. The number of fused-ring (bicyclic) bond motifs is 1. The molecular weight excluding hydrogens is 164 g/mol. The Labute approximate surface area is 76.4 Å². The average molecular weight is 176 g/mol. The van der Waals surface area contributed by atoms with Crippen molar-refractivity contribution in [3.63, 3.8) is 0 Å². The summed E-state index contributed by atoms with van der Waals surface area (Å²) in [7, 11) is 0. The molecule has 0 saturated heterocycles. The van der Waals surface area contributed by atoms with Gasteiger partial charge in [-0.3, -0.25) is 5.10 Å². The zero-order valence-electron chi connectivity index (χ0n) is 7.78. The summed E-state index contributed by atoms with van der Waals surface area (Å²) in [5, 5.41) is 7.81. The molecule has 0 aliphatic rings. The van der Waals surface area contributed by atoms with Crippen LogP contribution in [-0.4, -0.2) is 20.2 Å². The number of aromatic nitrogens is 4. The molecule has 0 radical (unpaired) electrons. The fraction of sp³-hybridized carbons (Fsp3) is 0.444. The first-order valence-electron chi connectivity index (χ1n) is 4.40. The molecule has 0 fully saturated rings. The van der Waals surface area contributed by atoms with Crippen molar-refractivity contribution in [3.8, 4) is 0 Å². The van der Waals surface area contributed by atoms with Crippen LogP contribution in [-0.2, 0) is 6.42 Å². The zero-order valence-corrected chi connectivity index (χ0v) is 7.78. The Morgan fingerprint density at radius 1 is 1.38 bits per heavy atom. The molecule has 2 aromatic heterocycles. The molecule has 4 nitrogen and oxygen atoms in total. The maximum Gasteiger partial charge on any atom is 0.158 e. The van der Waals surface area contributed by atoms with E-state index in [1.54, 1.807) is 12.5 Å². The quantitative estimate of drug-likeness (QED) is 0.755. The molecular formula is C9H12N4. The molecule has 0 unspecified atom stereocenters. The smallest absolute Gasteiger partial charge is 0.158 e. The number of H-pyrrole nitrogens is 1.